The highest BCUT2D eigenvalue weighted by Crippen LogP contribution is 2.28. The van der Waals surface area contributed by atoms with Crippen molar-refractivity contribution in [3.8, 4) is 0 Å². The van der Waals surface area contributed by atoms with Crippen molar-refractivity contribution in [2.24, 2.45) is 7.05 Å². The van der Waals surface area contributed by atoms with Crippen LogP contribution < -0.4 is 5.32 Å². The molecular weight excluding hydrogens is 318 g/mol. The SMILES string of the molecule is Cc1nn(C)c2sc(C(=O)N[C@H](C)c3ccccc3Cl)cc12. The molecule has 0 saturated heterocycles. The molecule has 1 amide bonds. The molecule has 4 nitrogen and oxygen atoms in total. The number of amides is 1. The molecule has 0 fully saturated rings. The van der Waals surface area contributed by atoms with Gasteiger partial charge in [0.25, 0.3) is 5.91 Å². The van der Waals surface area contributed by atoms with Gasteiger partial charge >= 0.3 is 0 Å². The van der Waals surface area contributed by atoms with E-state index in [2.05, 4.69) is 10.4 Å². The zero-order valence-corrected chi connectivity index (χ0v) is 14.1. The number of aromatic nitrogens is 2. The van der Waals surface area contributed by atoms with Crippen molar-refractivity contribution >= 4 is 39.1 Å². The molecule has 0 saturated carbocycles. The highest BCUT2D eigenvalue weighted by atomic mass is 35.5. The summed E-state index contributed by atoms with van der Waals surface area (Å²) in [4.78, 5) is 14.1. The number of hydrogen-bond donors (Lipinski definition) is 1. The lowest BCUT2D eigenvalue weighted by atomic mass is 10.1. The summed E-state index contributed by atoms with van der Waals surface area (Å²) in [5.74, 6) is -0.0898. The minimum atomic E-state index is -0.148. The number of nitrogens with zero attached hydrogens (tertiary/aromatic N) is 2. The molecule has 2 heterocycles. The molecule has 0 aliphatic rings. The Morgan fingerprint density at radius 1 is 1.41 bits per heavy atom. The molecule has 0 aliphatic heterocycles. The third kappa shape index (κ3) is 2.62. The van der Waals surface area contributed by atoms with Crippen LogP contribution in [-0.2, 0) is 7.05 Å². The van der Waals surface area contributed by atoms with E-state index >= 15 is 0 Å². The molecule has 0 spiro atoms. The fourth-order valence-corrected chi connectivity index (χ4v) is 3.81. The van der Waals surface area contributed by atoms with Crippen molar-refractivity contribution in [1.29, 1.82) is 0 Å². The Bertz CT molecular complexity index is 818. The van der Waals surface area contributed by atoms with Crippen LogP contribution in [0, 0.1) is 6.92 Å². The molecule has 114 valence electrons. The van der Waals surface area contributed by atoms with Crippen LogP contribution in [0.5, 0.6) is 0 Å². The molecule has 3 rings (SSSR count). The second-order valence-electron chi connectivity index (χ2n) is 5.26. The van der Waals surface area contributed by atoms with E-state index in [0.29, 0.717) is 9.90 Å². The van der Waals surface area contributed by atoms with Crippen LogP contribution >= 0.6 is 22.9 Å². The van der Waals surface area contributed by atoms with E-state index in [1.165, 1.54) is 11.3 Å². The Balaban J connectivity index is 1.84. The maximum absolute atomic E-state index is 12.5. The van der Waals surface area contributed by atoms with Crippen LogP contribution in [0.2, 0.25) is 5.02 Å². The largest absolute Gasteiger partial charge is 0.345 e. The summed E-state index contributed by atoms with van der Waals surface area (Å²) >= 11 is 7.63. The average molecular weight is 334 g/mol. The van der Waals surface area contributed by atoms with Gasteiger partial charge in [0, 0.05) is 17.5 Å². The zero-order valence-electron chi connectivity index (χ0n) is 12.6. The van der Waals surface area contributed by atoms with Crippen LogP contribution in [0.1, 0.15) is 33.9 Å². The molecule has 22 heavy (non-hydrogen) atoms. The van der Waals surface area contributed by atoms with Crippen LogP contribution in [0.15, 0.2) is 30.3 Å². The number of aryl methyl sites for hydroxylation is 2. The van der Waals surface area contributed by atoms with E-state index in [4.69, 9.17) is 11.6 Å². The van der Waals surface area contributed by atoms with Crippen molar-refractivity contribution in [1.82, 2.24) is 15.1 Å². The van der Waals surface area contributed by atoms with Crippen LogP contribution in [-0.4, -0.2) is 15.7 Å². The molecule has 6 heteroatoms. The minimum absolute atomic E-state index is 0.0898. The molecule has 0 unspecified atom stereocenters. The minimum Gasteiger partial charge on any atom is -0.345 e. The van der Waals surface area contributed by atoms with Crippen molar-refractivity contribution in [2.45, 2.75) is 19.9 Å². The Hall–Kier alpha value is -1.85. The maximum Gasteiger partial charge on any atom is 0.261 e. The highest BCUT2D eigenvalue weighted by molar-refractivity contribution is 7.20. The number of halogens is 1. The first-order valence-electron chi connectivity index (χ1n) is 6.96. The van der Waals surface area contributed by atoms with Gasteiger partial charge in [-0.2, -0.15) is 5.10 Å². The molecule has 0 aliphatic carbocycles. The zero-order chi connectivity index (χ0) is 15.9. The van der Waals surface area contributed by atoms with E-state index in [1.54, 1.807) is 0 Å². The van der Waals surface area contributed by atoms with Crippen LogP contribution in [0.4, 0.5) is 0 Å². The Labute approximate surface area is 137 Å². The lowest BCUT2D eigenvalue weighted by molar-refractivity contribution is 0.0944. The normalized spacial score (nSPS) is 12.5. The summed E-state index contributed by atoms with van der Waals surface area (Å²) in [5, 5.41) is 9.04. The predicted molar refractivity (Wildman–Crippen MR) is 90.7 cm³/mol. The second kappa shape index (κ2) is 5.74. The third-order valence-corrected chi connectivity index (χ3v) is 5.18. The van der Waals surface area contributed by atoms with Crippen molar-refractivity contribution in [2.75, 3.05) is 0 Å². The Kier molecular flexibility index (Phi) is 3.93. The fraction of sp³-hybridized carbons (Fsp3) is 0.250. The topological polar surface area (TPSA) is 46.9 Å². The van der Waals surface area contributed by atoms with Gasteiger partial charge in [0.1, 0.15) is 4.83 Å². The van der Waals surface area contributed by atoms with Crippen molar-refractivity contribution < 1.29 is 4.79 Å². The van der Waals surface area contributed by atoms with Crippen molar-refractivity contribution in [3.05, 3.63) is 51.5 Å². The van der Waals surface area contributed by atoms with Crippen LogP contribution in [0.25, 0.3) is 10.2 Å². The number of benzene rings is 1. The summed E-state index contributed by atoms with van der Waals surface area (Å²) in [6.07, 6.45) is 0. The number of nitrogens with one attached hydrogen (secondary N) is 1. The van der Waals surface area contributed by atoms with Gasteiger partial charge in [0.15, 0.2) is 0 Å². The van der Waals surface area contributed by atoms with Crippen molar-refractivity contribution in [3.63, 3.8) is 0 Å². The number of carbonyl (C=O) groups is 1. The summed E-state index contributed by atoms with van der Waals surface area (Å²) in [7, 11) is 1.89. The van der Waals surface area contributed by atoms with E-state index in [9.17, 15) is 4.79 Å². The van der Waals surface area contributed by atoms with E-state index in [0.717, 1.165) is 21.5 Å². The molecule has 3 aromatic rings. The summed E-state index contributed by atoms with van der Waals surface area (Å²) < 4.78 is 1.81. The number of carbonyl (C=O) groups excluding carboxylic acids is 1. The van der Waals surface area contributed by atoms with Gasteiger partial charge < -0.3 is 5.32 Å². The number of thiophene rings is 1. The molecular formula is C16H16ClN3OS. The van der Waals surface area contributed by atoms with Gasteiger partial charge in [0.05, 0.1) is 16.6 Å². The molecule has 1 N–H and O–H groups in total. The van der Waals surface area contributed by atoms with Crippen LogP contribution in [0.3, 0.4) is 0 Å². The third-order valence-electron chi connectivity index (χ3n) is 3.64. The van der Waals surface area contributed by atoms with Gasteiger partial charge in [-0.25, -0.2) is 0 Å². The van der Waals surface area contributed by atoms with E-state index in [-0.39, 0.29) is 11.9 Å². The first-order chi connectivity index (χ1) is 10.5. The Morgan fingerprint density at radius 2 is 2.14 bits per heavy atom. The molecule has 1 atom stereocenters. The van der Waals surface area contributed by atoms with E-state index < -0.39 is 0 Å². The first kappa shape index (κ1) is 15.1. The predicted octanol–water partition coefficient (Wildman–Crippen LogP) is 4.09. The van der Waals surface area contributed by atoms with Gasteiger partial charge in [-0.1, -0.05) is 29.8 Å². The summed E-state index contributed by atoms with van der Waals surface area (Å²) in [6, 6.07) is 9.29. The fourth-order valence-electron chi connectivity index (χ4n) is 2.49. The van der Waals surface area contributed by atoms with Gasteiger partial charge in [-0.3, -0.25) is 9.48 Å². The average Bonchev–Trinajstić information content (AvgIpc) is 3.02. The van der Waals surface area contributed by atoms with Gasteiger partial charge in [0.2, 0.25) is 0 Å². The molecule has 0 radical (unpaired) electrons. The van der Waals surface area contributed by atoms with E-state index in [1.807, 2.05) is 55.9 Å². The monoisotopic (exact) mass is 333 g/mol. The smallest absolute Gasteiger partial charge is 0.261 e. The van der Waals surface area contributed by atoms with Gasteiger partial charge in [-0.15, -0.1) is 11.3 Å². The summed E-state index contributed by atoms with van der Waals surface area (Å²) in [5.41, 5.74) is 1.85. The maximum atomic E-state index is 12.5. The molecule has 0 bridgehead atoms. The lowest BCUT2D eigenvalue weighted by Crippen LogP contribution is -2.26. The number of rotatable bonds is 3. The Morgan fingerprint density at radius 3 is 2.82 bits per heavy atom. The first-order valence-corrected chi connectivity index (χ1v) is 8.15. The second-order valence-corrected chi connectivity index (χ2v) is 6.69. The molecule has 1 aromatic carbocycles. The molecule has 2 aromatic heterocycles. The highest BCUT2D eigenvalue weighted by Gasteiger charge is 2.18. The lowest BCUT2D eigenvalue weighted by Gasteiger charge is -2.15. The standard InChI is InChI=1S/C16H16ClN3OS/c1-9(11-6-4-5-7-13(11)17)18-15(21)14-8-12-10(2)19-20(3)16(12)22-14/h4-9H,1-3H3,(H,18,21)/t9-/m1/s1. The number of fused-ring (bicyclic) bond motifs is 1. The summed E-state index contributed by atoms with van der Waals surface area (Å²) in [6.45, 7) is 3.88. The number of hydrogen-bond acceptors (Lipinski definition) is 3. The quantitative estimate of drug-likeness (QED) is 0.784. The van der Waals surface area contributed by atoms with Gasteiger partial charge in [-0.05, 0) is 31.5 Å².